The second-order valence-electron chi connectivity index (χ2n) is 9.56. The Morgan fingerprint density at radius 1 is 0.789 bits per heavy atom. The average molecular weight is 530 g/mol. The maximum atomic E-state index is 13.4. The number of rotatable bonds is 7. The SMILES string of the molecule is O=C(c1ccc2ccccc2c1)N1CCN(CCN(Cc2ccc(F)cc2)C(=O)c2cccc(Cl)c2)CC1. The zero-order chi connectivity index (χ0) is 26.5. The third-order valence-corrected chi connectivity index (χ3v) is 7.22. The molecule has 1 aliphatic rings. The van der Waals surface area contributed by atoms with Gasteiger partial charge in [-0.15, -0.1) is 0 Å². The van der Waals surface area contributed by atoms with E-state index in [0.29, 0.717) is 48.9 Å². The molecule has 1 heterocycles. The van der Waals surface area contributed by atoms with Gasteiger partial charge < -0.3 is 9.80 Å². The lowest BCUT2D eigenvalue weighted by molar-refractivity contribution is 0.0598. The van der Waals surface area contributed by atoms with Crippen molar-refractivity contribution in [1.82, 2.24) is 14.7 Å². The number of carbonyl (C=O) groups is 2. The highest BCUT2D eigenvalue weighted by atomic mass is 35.5. The van der Waals surface area contributed by atoms with Crippen LogP contribution in [0.3, 0.4) is 0 Å². The van der Waals surface area contributed by atoms with Crippen molar-refractivity contribution < 1.29 is 14.0 Å². The Morgan fingerprint density at radius 2 is 1.53 bits per heavy atom. The molecule has 4 aromatic carbocycles. The second-order valence-corrected chi connectivity index (χ2v) is 10.00. The molecule has 7 heteroatoms. The van der Waals surface area contributed by atoms with Crippen LogP contribution in [0.1, 0.15) is 26.3 Å². The normalized spacial score (nSPS) is 14.0. The van der Waals surface area contributed by atoms with Gasteiger partial charge >= 0.3 is 0 Å². The van der Waals surface area contributed by atoms with E-state index in [1.807, 2.05) is 47.4 Å². The fraction of sp³-hybridized carbons (Fsp3) is 0.226. The van der Waals surface area contributed by atoms with Crippen molar-refractivity contribution in [3.05, 3.63) is 119 Å². The number of hydrogen-bond donors (Lipinski definition) is 0. The smallest absolute Gasteiger partial charge is 0.254 e. The molecule has 4 aromatic rings. The molecular formula is C31H29ClFN3O2. The van der Waals surface area contributed by atoms with E-state index >= 15 is 0 Å². The lowest BCUT2D eigenvalue weighted by atomic mass is 10.1. The first-order valence-corrected chi connectivity index (χ1v) is 13.1. The maximum Gasteiger partial charge on any atom is 0.254 e. The molecule has 0 radical (unpaired) electrons. The molecule has 5 rings (SSSR count). The summed E-state index contributed by atoms with van der Waals surface area (Å²) in [4.78, 5) is 32.4. The van der Waals surface area contributed by atoms with Crippen LogP contribution < -0.4 is 0 Å². The molecular weight excluding hydrogens is 501 g/mol. The van der Waals surface area contributed by atoms with Crippen LogP contribution in [-0.4, -0.2) is 65.8 Å². The molecule has 0 saturated carbocycles. The minimum atomic E-state index is -0.308. The summed E-state index contributed by atoms with van der Waals surface area (Å²) in [5.74, 6) is -0.385. The van der Waals surface area contributed by atoms with Gasteiger partial charge in [-0.1, -0.05) is 60.1 Å². The second kappa shape index (κ2) is 11.8. The van der Waals surface area contributed by atoms with Crippen LogP contribution in [-0.2, 0) is 6.54 Å². The molecule has 0 aliphatic carbocycles. The highest BCUT2D eigenvalue weighted by molar-refractivity contribution is 6.30. The number of benzene rings is 4. The molecule has 0 unspecified atom stereocenters. The van der Waals surface area contributed by atoms with E-state index in [1.54, 1.807) is 41.3 Å². The fourth-order valence-electron chi connectivity index (χ4n) is 4.81. The first kappa shape index (κ1) is 25.9. The molecule has 0 N–H and O–H groups in total. The minimum Gasteiger partial charge on any atom is -0.336 e. The summed E-state index contributed by atoms with van der Waals surface area (Å²) in [5.41, 5.74) is 2.08. The van der Waals surface area contributed by atoms with Crippen molar-refractivity contribution in [1.29, 1.82) is 0 Å². The highest BCUT2D eigenvalue weighted by Gasteiger charge is 2.24. The van der Waals surface area contributed by atoms with Crippen molar-refractivity contribution in [3.63, 3.8) is 0 Å². The molecule has 0 aromatic heterocycles. The summed E-state index contributed by atoms with van der Waals surface area (Å²) >= 11 is 6.13. The van der Waals surface area contributed by atoms with Gasteiger partial charge in [0.25, 0.3) is 11.8 Å². The fourth-order valence-corrected chi connectivity index (χ4v) is 5.00. The topological polar surface area (TPSA) is 43.9 Å². The number of hydrogen-bond acceptors (Lipinski definition) is 3. The van der Waals surface area contributed by atoms with Crippen LogP contribution in [0.15, 0.2) is 91.0 Å². The van der Waals surface area contributed by atoms with E-state index < -0.39 is 0 Å². The Morgan fingerprint density at radius 3 is 2.26 bits per heavy atom. The maximum absolute atomic E-state index is 13.4. The Kier molecular flexibility index (Phi) is 8.01. The molecule has 0 bridgehead atoms. The summed E-state index contributed by atoms with van der Waals surface area (Å²) in [5, 5.41) is 2.68. The van der Waals surface area contributed by atoms with Crippen LogP contribution in [0.5, 0.6) is 0 Å². The minimum absolute atomic E-state index is 0.0458. The molecule has 2 amide bonds. The van der Waals surface area contributed by atoms with Crippen molar-refractivity contribution in [2.45, 2.75) is 6.54 Å². The molecule has 1 aliphatic heterocycles. The van der Waals surface area contributed by atoms with E-state index in [9.17, 15) is 14.0 Å². The van der Waals surface area contributed by atoms with Crippen molar-refractivity contribution in [2.24, 2.45) is 0 Å². The van der Waals surface area contributed by atoms with Gasteiger partial charge in [0.15, 0.2) is 0 Å². The molecule has 0 spiro atoms. The molecule has 0 atom stereocenters. The van der Waals surface area contributed by atoms with Crippen molar-refractivity contribution >= 4 is 34.2 Å². The number of carbonyl (C=O) groups excluding carboxylic acids is 2. The predicted molar refractivity (Wildman–Crippen MR) is 149 cm³/mol. The number of amides is 2. The summed E-state index contributed by atoms with van der Waals surface area (Å²) in [7, 11) is 0. The zero-order valence-corrected chi connectivity index (χ0v) is 21.8. The van der Waals surface area contributed by atoms with E-state index in [2.05, 4.69) is 4.90 Å². The van der Waals surface area contributed by atoms with E-state index in [4.69, 9.17) is 11.6 Å². The van der Waals surface area contributed by atoms with Gasteiger partial charge in [0.2, 0.25) is 0 Å². The highest BCUT2D eigenvalue weighted by Crippen LogP contribution is 2.19. The van der Waals surface area contributed by atoms with Gasteiger partial charge in [0, 0.05) is 62.0 Å². The van der Waals surface area contributed by atoms with Crippen LogP contribution in [0.4, 0.5) is 4.39 Å². The summed E-state index contributed by atoms with van der Waals surface area (Å²) in [6.07, 6.45) is 0. The Bertz CT molecular complexity index is 1430. The van der Waals surface area contributed by atoms with Gasteiger partial charge in [-0.25, -0.2) is 4.39 Å². The first-order chi connectivity index (χ1) is 18.5. The van der Waals surface area contributed by atoms with Crippen molar-refractivity contribution in [2.75, 3.05) is 39.3 Å². The molecule has 5 nitrogen and oxygen atoms in total. The Balaban J connectivity index is 1.21. The van der Waals surface area contributed by atoms with E-state index in [-0.39, 0.29) is 17.6 Å². The quantitative estimate of drug-likeness (QED) is 0.307. The standard InChI is InChI=1S/C31H29ClFN3O2/c32-28-7-3-6-26(21-28)31(38)36(22-23-8-12-29(33)13-9-23)19-16-34-14-17-35(18-15-34)30(37)27-11-10-24-4-1-2-5-25(24)20-27/h1-13,20-21H,14-19,22H2. The largest absolute Gasteiger partial charge is 0.336 e. The van der Waals surface area contributed by atoms with Crippen LogP contribution >= 0.6 is 11.6 Å². The lowest BCUT2D eigenvalue weighted by Gasteiger charge is -2.36. The molecule has 1 saturated heterocycles. The summed E-state index contributed by atoms with van der Waals surface area (Å²) in [6, 6.07) is 27.0. The number of halogens is 2. The first-order valence-electron chi connectivity index (χ1n) is 12.8. The third kappa shape index (κ3) is 6.21. The number of fused-ring (bicyclic) bond motifs is 1. The molecule has 38 heavy (non-hydrogen) atoms. The lowest BCUT2D eigenvalue weighted by Crippen LogP contribution is -2.50. The van der Waals surface area contributed by atoms with Gasteiger partial charge in [-0.05, 0) is 58.8 Å². The Labute approximate surface area is 227 Å². The van der Waals surface area contributed by atoms with Crippen LogP contribution in [0.25, 0.3) is 10.8 Å². The van der Waals surface area contributed by atoms with Crippen LogP contribution in [0, 0.1) is 5.82 Å². The predicted octanol–water partition coefficient (Wildman–Crippen LogP) is 5.73. The monoisotopic (exact) mass is 529 g/mol. The Hall–Kier alpha value is -3.74. The van der Waals surface area contributed by atoms with E-state index in [0.717, 1.165) is 29.4 Å². The van der Waals surface area contributed by atoms with E-state index in [1.165, 1.54) is 12.1 Å². The summed E-state index contributed by atoms with van der Waals surface area (Å²) in [6.45, 7) is 4.26. The average Bonchev–Trinajstić information content (AvgIpc) is 2.95. The summed E-state index contributed by atoms with van der Waals surface area (Å²) < 4.78 is 13.4. The van der Waals surface area contributed by atoms with Gasteiger partial charge in [-0.3, -0.25) is 14.5 Å². The molecule has 194 valence electrons. The number of nitrogens with zero attached hydrogens (tertiary/aromatic N) is 3. The third-order valence-electron chi connectivity index (χ3n) is 6.99. The van der Waals surface area contributed by atoms with Gasteiger partial charge in [-0.2, -0.15) is 0 Å². The number of piperazine rings is 1. The van der Waals surface area contributed by atoms with Crippen molar-refractivity contribution in [3.8, 4) is 0 Å². The zero-order valence-electron chi connectivity index (χ0n) is 21.0. The molecule has 1 fully saturated rings. The van der Waals surface area contributed by atoms with Gasteiger partial charge in [0.05, 0.1) is 0 Å². The van der Waals surface area contributed by atoms with Crippen LogP contribution in [0.2, 0.25) is 5.02 Å². The van der Waals surface area contributed by atoms with Gasteiger partial charge in [0.1, 0.15) is 5.82 Å².